The molecule has 3 aliphatic rings. The summed E-state index contributed by atoms with van der Waals surface area (Å²) in [6.07, 6.45) is 8.00. The first-order chi connectivity index (χ1) is 15.0. The SMILES string of the molecule is CN(C)SOC1CCC2C3CCc4cc(OCc5ccccc5)ccc4C3CCC12C. The summed E-state index contributed by atoms with van der Waals surface area (Å²) in [7, 11) is 4.12. The molecule has 0 amide bonds. The zero-order chi connectivity index (χ0) is 21.4. The monoisotopic (exact) mass is 437 g/mol. The van der Waals surface area contributed by atoms with E-state index in [0.29, 0.717) is 24.0 Å². The highest BCUT2D eigenvalue weighted by Crippen LogP contribution is 2.62. The summed E-state index contributed by atoms with van der Waals surface area (Å²) >= 11 is 1.52. The molecular weight excluding hydrogens is 402 g/mol. The summed E-state index contributed by atoms with van der Waals surface area (Å²) in [5.74, 6) is 3.32. The molecule has 0 aliphatic heterocycles. The number of benzene rings is 2. The first-order valence-electron chi connectivity index (χ1n) is 11.8. The Kier molecular flexibility index (Phi) is 6.07. The van der Waals surface area contributed by atoms with Crippen molar-refractivity contribution in [3.8, 4) is 5.75 Å². The fourth-order valence-corrected chi connectivity index (χ4v) is 7.23. The number of hydrogen-bond acceptors (Lipinski definition) is 4. The van der Waals surface area contributed by atoms with E-state index in [2.05, 4.69) is 67.8 Å². The van der Waals surface area contributed by atoms with E-state index in [4.69, 9.17) is 8.92 Å². The highest BCUT2D eigenvalue weighted by atomic mass is 32.2. The highest BCUT2D eigenvalue weighted by molar-refractivity contribution is 7.92. The first kappa shape index (κ1) is 21.4. The Labute approximate surface area is 191 Å². The summed E-state index contributed by atoms with van der Waals surface area (Å²) in [6, 6.07) is 17.3. The van der Waals surface area contributed by atoms with Crippen LogP contribution >= 0.6 is 12.2 Å². The molecule has 2 saturated carbocycles. The minimum Gasteiger partial charge on any atom is -0.489 e. The van der Waals surface area contributed by atoms with Crippen LogP contribution in [0.15, 0.2) is 48.5 Å². The Hall–Kier alpha value is -1.49. The number of hydrogen-bond donors (Lipinski definition) is 0. The summed E-state index contributed by atoms with van der Waals surface area (Å²) in [4.78, 5) is 0. The fourth-order valence-electron chi connectivity index (χ4n) is 6.64. The topological polar surface area (TPSA) is 21.7 Å². The number of nitrogens with zero attached hydrogens (tertiary/aromatic N) is 1. The van der Waals surface area contributed by atoms with Gasteiger partial charge in [0.25, 0.3) is 0 Å². The lowest BCUT2D eigenvalue weighted by Crippen LogP contribution is -2.44. The van der Waals surface area contributed by atoms with Crippen molar-refractivity contribution in [3.63, 3.8) is 0 Å². The van der Waals surface area contributed by atoms with Crippen molar-refractivity contribution in [2.45, 2.75) is 64.1 Å². The molecule has 2 aromatic rings. The lowest BCUT2D eigenvalue weighted by atomic mass is 9.55. The minimum atomic E-state index is 0.334. The second-order valence-electron chi connectivity index (χ2n) is 10.1. The molecule has 5 atom stereocenters. The van der Waals surface area contributed by atoms with E-state index in [1.165, 1.54) is 61.9 Å². The molecule has 0 bridgehead atoms. The third-order valence-electron chi connectivity index (χ3n) is 8.17. The van der Waals surface area contributed by atoms with E-state index in [1.807, 2.05) is 6.07 Å². The Balaban J connectivity index is 1.29. The molecule has 31 heavy (non-hydrogen) atoms. The van der Waals surface area contributed by atoms with Gasteiger partial charge in [0.15, 0.2) is 0 Å². The molecule has 5 unspecified atom stereocenters. The van der Waals surface area contributed by atoms with Gasteiger partial charge in [0.05, 0.1) is 18.3 Å². The van der Waals surface area contributed by atoms with Crippen molar-refractivity contribution < 1.29 is 8.92 Å². The largest absolute Gasteiger partial charge is 0.489 e. The van der Waals surface area contributed by atoms with Gasteiger partial charge in [0, 0.05) is 0 Å². The third-order valence-corrected chi connectivity index (χ3v) is 8.78. The molecule has 0 heterocycles. The van der Waals surface area contributed by atoms with E-state index in [0.717, 1.165) is 17.6 Å². The van der Waals surface area contributed by atoms with Crippen molar-refractivity contribution in [1.29, 1.82) is 0 Å². The first-order valence-corrected chi connectivity index (χ1v) is 12.5. The van der Waals surface area contributed by atoms with Crippen molar-refractivity contribution >= 4 is 12.2 Å². The van der Waals surface area contributed by atoms with Crippen LogP contribution in [0.4, 0.5) is 0 Å². The summed E-state index contributed by atoms with van der Waals surface area (Å²) in [6.45, 7) is 3.15. The number of fused-ring (bicyclic) bond motifs is 5. The van der Waals surface area contributed by atoms with Crippen molar-refractivity contribution in [2.24, 2.45) is 17.3 Å². The van der Waals surface area contributed by atoms with E-state index in [-0.39, 0.29) is 0 Å². The van der Waals surface area contributed by atoms with Crippen LogP contribution in [0.3, 0.4) is 0 Å². The normalized spacial score (nSPS) is 31.7. The quantitative estimate of drug-likeness (QED) is 0.373. The summed E-state index contributed by atoms with van der Waals surface area (Å²) in [5, 5.41) is 0. The summed E-state index contributed by atoms with van der Waals surface area (Å²) < 4.78 is 14.5. The van der Waals surface area contributed by atoms with Gasteiger partial charge in [-0.25, -0.2) is 4.31 Å². The van der Waals surface area contributed by atoms with Crippen LogP contribution in [0, 0.1) is 17.3 Å². The fraction of sp³-hybridized carbons (Fsp3) is 0.556. The highest BCUT2D eigenvalue weighted by Gasteiger charge is 2.55. The van der Waals surface area contributed by atoms with Crippen LogP contribution in [-0.2, 0) is 17.2 Å². The molecular formula is C27H35NO2S. The molecule has 2 aromatic carbocycles. The number of aryl methyl sites for hydroxylation is 1. The van der Waals surface area contributed by atoms with Crippen LogP contribution in [0.2, 0.25) is 0 Å². The minimum absolute atomic E-state index is 0.334. The molecule has 0 N–H and O–H groups in total. The molecule has 4 heteroatoms. The van der Waals surface area contributed by atoms with Crippen LogP contribution in [0.5, 0.6) is 5.75 Å². The lowest BCUT2D eigenvalue weighted by molar-refractivity contribution is -0.00414. The average Bonchev–Trinajstić information content (AvgIpc) is 3.13. The van der Waals surface area contributed by atoms with Gasteiger partial charge in [-0.3, -0.25) is 4.18 Å². The van der Waals surface area contributed by atoms with Gasteiger partial charge in [0.1, 0.15) is 12.4 Å². The molecule has 166 valence electrons. The molecule has 0 radical (unpaired) electrons. The lowest BCUT2D eigenvalue weighted by Gasteiger charge is -2.50. The van der Waals surface area contributed by atoms with Crippen molar-refractivity contribution in [1.82, 2.24) is 4.31 Å². The Morgan fingerprint density at radius 3 is 2.68 bits per heavy atom. The van der Waals surface area contributed by atoms with E-state index in [9.17, 15) is 0 Å². The molecule has 0 aromatic heterocycles. The Bertz CT molecular complexity index is 901. The van der Waals surface area contributed by atoms with Crippen molar-refractivity contribution in [3.05, 3.63) is 65.2 Å². The van der Waals surface area contributed by atoms with Crippen LogP contribution < -0.4 is 4.74 Å². The third kappa shape index (κ3) is 4.15. The molecule has 0 saturated heterocycles. The van der Waals surface area contributed by atoms with Gasteiger partial charge in [-0.2, -0.15) is 0 Å². The van der Waals surface area contributed by atoms with Gasteiger partial charge < -0.3 is 4.74 Å². The van der Waals surface area contributed by atoms with E-state index >= 15 is 0 Å². The summed E-state index contributed by atoms with van der Waals surface area (Å²) in [5.41, 5.74) is 4.67. The average molecular weight is 438 g/mol. The predicted molar refractivity (Wildman–Crippen MR) is 128 cm³/mol. The van der Waals surface area contributed by atoms with Crippen molar-refractivity contribution in [2.75, 3.05) is 14.1 Å². The van der Waals surface area contributed by atoms with Gasteiger partial charge in [0.2, 0.25) is 0 Å². The Morgan fingerprint density at radius 1 is 1.03 bits per heavy atom. The number of rotatable bonds is 6. The van der Waals surface area contributed by atoms with Gasteiger partial charge in [-0.05, 0) is 105 Å². The zero-order valence-corrected chi connectivity index (χ0v) is 19.9. The van der Waals surface area contributed by atoms with Gasteiger partial charge >= 0.3 is 0 Å². The van der Waals surface area contributed by atoms with Crippen LogP contribution in [0.25, 0.3) is 0 Å². The zero-order valence-electron chi connectivity index (χ0n) is 19.0. The molecule has 0 spiro atoms. The number of ether oxygens (including phenoxy) is 1. The maximum Gasteiger partial charge on any atom is 0.120 e. The maximum atomic E-state index is 6.29. The van der Waals surface area contributed by atoms with Crippen LogP contribution in [-0.4, -0.2) is 24.5 Å². The predicted octanol–water partition coefficient (Wildman–Crippen LogP) is 6.63. The van der Waals surface area contributed by atoms with Crippen LogP contribution in [0.1, 0.15) is 61.6 Å². The van der Waals surface area contributed by atoms with Gasteiger partial charge in [-0.15, -0.1) is 0 Å². The second kappa shape index (κ2) is 8.80. The van der Waals surface area contributed by atoms with Gasteiger partial charge in [-0.1, -0.05) is 43.3 Å². The van der Waals surface area contributed by atoms with E-state index in [1.54, 1.807) is 5.56 Å². The second-order valence-corrected chi connectivity index (χ2v) is 11.2. The molecule has 3 nitrogen and oxygen atoms in total. The molecule has 2 fully saturated rings. The molecule has 3 aliphatic carbocycles. The molecule has 5 rings (SSSR count). The van der Waals surface area contributed by atoms with E-state index < -0.39 is 0 Å². The smallest absolute Gasteiger partial charge is 0.120 e. The maximum absolute atomic E-state index is 6.29. The standard InChI is InChI=1S/C27H35NO2S/c1-27-16-15-23-22-12-10-21(29-18-19-7-5-4-6-8-19)17-20(22)9-11-24(23)25(27)13-14-26(27)30-31-28(2)3/h4-8,10,12,17,23-26H,9,11,13-16,18H2,1-3H3. The Morgan fingerprint density at radius 2 is 1.87 bits per heavy atom.